The molecule has 0 unspecified atom stereocenters. The molecule has 0 saturated carbocycles. The minimum Gasteiger partial charge on any atom is -0.375 e. The van der Waals surface area contributed by atoms with Crippen molar-refractivity contribution in [2.75, 3.05) is 31.1 Å². The largest absolute Gasteiger partial charge is 0.375 e. The van der Waals surface area contributed by atoms with Gasteiger partial charge in [-0.2, -0.15) is 5.26 Å². The van der Waals surface area contributed by atoms with Crippen molar-refractivity contribution >= 4 is 33.4 Å². The summed E-state index contributed by atoms with van der Waals surface area (Å²) in [4.78, 5) is 23.0. The van der Waals surface area contributed by atoms with Crippen molar-refractivity contribution in [3.63, 3.8) is 0 Å². The van der Waals surface area contributed by atoms with E-state index in [1.54, 1.807) is 18.3 Å². The molecule has 2 aromatic carbocycles. The van der Waals surface area contributed by atoms with E-state index < -0.39 is 5.91 Å². The van der Waals surface area contributed by atoms with Gasteiger partial charge in [-0.1, -0.05) is 12.1 Å². The number of aromatic nitrogens is 2. The topological polar surface area (TPSA) is 117 Å². The van der Waals surface area contributed by atoms with Gasteiger partial charge in [-0.15, -0.1) is 0 Å². The number of anilines is 1. The van der Waals surface area contributed by atoms with Crippen LogP contribution in [0, 0.1) is 17.1 Å². The van der Waals surface area contributed by atoms with Crippen LogP contribution in [0.2, 0.25) is 0 Å². The molecule has 38 heavy (non-hydrogen) atoms. The molecule has 8 nitrogen and oxygen atoms in total. The number of nitrogens with one attached hydrogen (secondary N) is 1. The molecule has 0 spiro atoms. The number of carbonyl (C=O) groups excluding carboxylic acids is 1. The Morgan fingerprint density at radius 2 is 1.97 bits per heavy atom. The van der Waals surface area contributed by atoms with E-state index in [1.807, 2.05) is 24.4 Å². The second-order valence-electron chi connectivity index (χ2n) is 9.54. The molecule has 1 aliphatic heterocycles. The van der Waals surface area contributed by atoms with E-state index in [0.29, 0.717) is 29.8 Å². The van der Waals surface area contributed by atoms with Crippen LogP contribution in [0.4, 0.5) is 10.2 Å². The van der Waals surface area contributed by atoms with Crippen LogP contribution in [-0.2, 0) is 17.7 Å². The van der Waals surface area contributed by atoms with E-state index in [-0.39, 0.29) is 18.3 Å². The molecule has 0 bridgehead atoms. The minimum absolute atomic E-state index is 0.139. The van der Waals surface area contributed by atoms with Gasteiger partial charge >= 0.3 is 0 Å². The second-order valence-corrected chi connectivity index (χ2v) is 9.54. The number of nitriles is 1. The standard InChI is InChI=1S/C29H29FN6O2/c30-22-12-19(5-7-31)11-20(13-22)15-33-8-1-2-10-38-23-17-36(18-23)29-25-6-9-34-16-26(25)24-4-3-21(28(32)37)14-27(24)35-29/h3-4,6,9,11-14,16,23,33H,1-2,5,8,10,15,17-18H2,(H2,32,37). The highest BCUT2D eigenvalue weighted by Crippen LogP contribution is 2.33. The van der Waals surface area contributed by atoms with Crippen molar-refractivity contribution in [2.24, 2.45) is 5.73 Å². The first-order valence-electron chi connectivity index (χ1n) is 12.7. The highest BCUT2D eigenvalue weighted by atomic mass is 19.1. The lowest BCUT2D eigenvalue weighted by Crippen LogP contribution is -2.52. The fourth-order valence-electron chi connectivity index (χ4n) is 4.79. The van der Waals surface area contributed by atoms with E-state index in [2.05, 4.69) is 21.3 Å². The Bertz CT molecular complexity index is 1510. The molecule has 1 fully saturated rings. The third-order valence-corrected chi connectivity index (χ3v) is 6.74. The number of fused-ring (bicyclic) bond motifs is 3. The number of benzene rings is 2. The Morgan fingerprint density at radius 1 is 1.13 bits per heavy atom. The quantitative estimate of drug-likeness (QED) is 0.231. The summed E-state index contributed by atoms with van der Waals surface area (Å²) in [7, 11) is 0. The number of halogens is 1. The summed E-state index contributed by atoms with van der Waals surface area (Å²) in [5, 5.41) is 15.1. The molecule has 4 aromatic rings. The number of rotatable bonds is 11. The first kappa shape index (κ1) is 25.5. The summed E-state index contributed by atoms with van der Waals surface area (Å²) in [6.07, 6.45) is 5.81. The fourth-order valence-corrected chi connectivity index (χ4v) is 4.79. The van der Waals surface area contributed by atoms with Gasteiger partial charge in [-0.25, -0.2) is 9.37 Å². The maximum absolute atomic E-state index is 13.7. The summed E-state index contributed by atoms with van der Waals surface area (Å²) in [6.45, 7) is 3.53. The van der Waals surface area contributed by atoms with Crippen molar-refractivity contribution in [2.45, 2.75) is 31.9 Å². The van der Waals surface area contributed by atoms with Crippen LogP contribution in [0.25, 0.3) is 21.7 Å². The van der Waals surface area contributed by atoms with Gasteiger partial charge in [-0.05, 0) is 60.8 Å². The Kier molecular flexibility index (Phi) is 7.73. The first-order valence-corrected chi connectivity index (χ1v) is 12.7. The molecule has 194 valence electrons. The molecule has 0 aliphatic carbocycles. The van der Waals surface area contributed by atoms with Crippen LogP contribution >= 0.6 is 0 Å². The minimum atomic E-state index is -0.479. The summed E-state index contributed by atoms with van der Waals surface area (Å²) < 4.78 is 19.7. The molecule has 1 aliphatic rings. The summed E-state index contributed by atoms with van der Waals surface area (Å²) in [6, 6.07) is 14.1. The Morgan fingerprint density at radius 3 is 2.79 bits per heavy atom. The van der Waals surface area contributed by atoms with Crippen LogP contribution in [0.5, 0.6) is 0 Å². The zero-order valence-corrected chi connectivity index (χ0v) is 21.0. The molecule has 0 atom stereocenters. The average molecular weight is 513 g/mol. The summed E-state index contributed by atoms with van der Waals surface area (Å²) in [5.74, 6) is 0.0696. The molecule has 3 N–H and O–H groups in total. The number of pyridine rings is 2. The van der Waals surface area contributed by atoms with Crippen LogP contribution in [0.15, 0.2) is 54.9 Å². The molecule has 1 saturated heterocycles. The molecular formula is C29H29FN6O2. The van der Waals surface area contributed by atoms with Gasteiger partial charge in [0.2, 0.25) is 5.91 Å². The number of unbranched alkanes of at least 4 members (excludes halogenated alkanes) is 1. The molecule has 9 heteroatoms. The Labute approximate surface area is 220 Å². The first-order chi connectivity index (χ1) is 18.5. The predicted molar refractivity (Wildman–Crippen MR) is 144 cm³/mol. The van der Waals surface area contributed by atoms with Crippen molar-refractivity contribution < 1.29 is 13.9 Å². The van der Waals surface area contributed by atoms with E-state index in [0.717, 1.165) is 60.0 Å². The molecule has 0 radical (unpaired) electrons. The number of primary amides is 1. The summed E-state index contributed by atoms with van der Waals surface area (Å²) >= 11 is 0. The molecule has 2 aromatic heterocycles. The average Bonchev–Trinajstić information content (AvgIpc) is 2.88. The lowest BCUT2D eigenvalue weighted by atomic mass is 10.0. The van der Waals surface area contributed by atoms with Crippen molar-refractivity contribution in [1.29, 1.82) is 5.26 Å². The molecule has 1 amide bonds. The molecule has 5 rings (SSSR count). The van der Waals surface area contributed by atoms with Crippen LogP contribution in [-0.4, -0.2) is 48.2 Å². The second kappa shape index (κ2) is 11.5. The number of nitrogens with zero attached hydrogens (tertiary/aromatic N) is 4. The Balaban J connectivity index is 1.09. The van der Waals surface area contributed by atoms with Crippen molar-refractivity contribution in [3.8, 4) is 6.07 Å². The van der Waals surface area contributed by atoms with Crippen molar-refractivity contribution in [3.05, 3.63) is 77.4 Å². The zero-order chi connectivity index (χ0) is 26.5. The number of hydrogen-bond acceptors (Lipinski definition) is 7. The van der Waals surface area contributed by atoms with E-state index in [9.17, 15) is 9.18 Å². The zero-order valence-electron chi connectivity index (χ0n) is 21.0. The van der Waals surface area contributed by atoms with Crippen LogP contribution in [0.1, 0.15) is 34.3 Å². The lowest BCUT2D eigenvalue weighted by Gasteiger charge is -2.40. The van der Waals surface area contributed by atoms with Gasteiger partial charge in [-0.3, -0.25) is 9.78 Å². The van der Waals surface area contributed by atoms with Crippen LogP contribution < -0.4 is 16.0 Å². The Hall–Kier alpha value is -4.13. The van der Waals surface area contributed by atoms with Gasteiger partial charge in [0.05, 0.1) is 24.1 Å². The van der Waals surface area contributed by atoms with Crippen molar-refractivity contribution in [1.82, 2.24) is 15.3 Å². The lowest BCUT2D eigenvalue weighted by molar-refractivity contribution is 0.0321. The van der Waals surface area contributed by atoms with E-state index >= 15 is 0 Å². The number of amides is 1. The van der Waals surface area contributed by atoms with Gasteiger partial charge in [0.25, 0.3) is 0 Å². The normalized spacial score (nSPS) is 13.5. The summed E-state index contributed by atoms with van der Waals surface area (Å²) in [5.41, 5.74) is 8.16. The maximum atomic E-state index is 13.7. The van der Waals surface area contributed by atoms with Gasteiger partial charge in [0, 0.05) is 60.4 Å². The molecule has 3 heterocycles. The SMILES string of the molecule is N#CCc1cc(F)cc(CNCCCCOC2CN(c3nc4cc(C(N)=O)ccc4c4cnccc34)C2)c1. The highest BCUT2D eigenvalue weighted by Gasteiger charge is 2.30. The highest BCUT2D eigenvalue weighted by molar-refractivity contribution is 6.11. The number of carbonyl (C=O) groups is 1. The van der Waals surface area contributed by atoms with Gasteiger partial charge in [0.15, 0.2) is 0 Å². The number of hydrogen-bond donors (Lipinski definition) is 2. The van der Waals surface area contributed by atoms with Crippen LogP contribution in [0.3, 0.4) is 0 Å². The predicted octanol–water partition coefficient (Wildman–Crippen LogP) is 3.86. The van der Waals surface area contributed by atoms with Gasteiger partial charge < -0.3 is 20.7 Å². The fraction of sp³-hybridized carbons (Fsp3) is 0.310. The third-order valence-electron chi connectivity index (χ3n) is 6.74. The third kappa shape index (κ3) is 5.72. The number of ether oxygens (including phenoxy) is 1. The molecular weight excluding hydrogens is 483 g/mol. The smallest absolute Gasteiger partial charge is 0.248 e. The van der Waals surface area contributed by atoms with Gasteiger partial charge in [0.1, 0.15) is 11.6 Å². The van der Waals surface area contributed by atoms with E-state index in [1.165, 1.54) is 12.1 Å². The monoisotopic (exact) mass is 512 g/mol. The maximum Gasteiger partial charge on any atom is 0.248 e. The number of nitrogens with two attached hydrogens (primary N) is 1. The van der Waals surface area contributed by atoms with E-state index in [4.69, 9.17) is 20.7 Å².